The van der Waals surface area contributed by atoms with Gasteiger partial charge in [-0.25, -0.2) is 0 Å². The van der Waals surface area contributed by atoms with Crippen molar-refractivity contribution >= 4 is 0 Å². The van der Waals surface area contributed by atoms with Crippen molar-refractivity contribution < 1.29 is 9.47 Å². The van der Waals surface area contributed by atoms with Crippen molar-refractivity contribution in [2.75, 3.05) is 20.3 Å². The van der Waals surface area contributed by atoms with E-state index >= 15 is 0 Å². The Morgan fingerprint density at radius 1 is 1.00 bits per heavy atom. The summed E-state index contributed by atoms with van der Waals surface area (Å²) in [5, 5.41) is 0. The molecule has 0 aliphatic heterocycles. The zero-order valence-electron chi connectivity index (χ0n) is 10.8. The molecule has 0 amide bonds. The quantitative estimate of drug-likeness (QED) is 0.608. The molecule has 2 nitrogen and oxygen atoms in total. The van der Waals surface area contributed by atoms with Gasteiger partial charge in [-0.1, -0.05) is 25.5 Å². The van der Waals surface area contributed by atoms with Crippen molar-refractivity contribution in [2.24, 2.45) is 0 Å². The van der Waals surface area contributed by atoms with Crippen molar-refractivity contribution in [1.29, 1.82) is 0 Å². The molecule has 0 heterocycles. The van der Waals surface area contributed by atoms with E-state index in [0.29, 0.717) is 0 Å². The largest absolute Gasteiger partial charge is 0.497 e. The zero-order valence-corrected chi connectivity index (χ0v) is 10.8. The highest BCUT2D eigenvalue weighted by molar-refractivity contribution is 5.27. The summed E-state index contributed by atoms with van der Waals surface area (Å²) in [5.74, 6) is 0.926. The molecule has 1 rings (SSSR count). The van der Waals surface area contributed by atoms with E-state index in [2.05, 4.69) is 19.1 Å². The maximum Gasteiger partial charge on any atom is 0.118 e. The highest BCUT2D eigenvalue weighted by Gasteiger charge is 1.95. The van der Waals surface area contributed by atoms with Crippen LogP contribution in [-0.4, -0.2) is 20.3 Å². The maximum atomic E-state index is 5.39. The van der Waals surface area contributed by atoms with Crippen LogP contribution in [0.2, 0.25) is 0 Å². The Morgan fingerprint density at radius 3 is 2.41 bits per heavy atom. The molecule has 0 saturated heterocycles. The Bertz CT molecular complexity index is 279. The minimum atomic E-state index is 0.790. The Kier molecular flexibility index (Phi) is 7.48. The van der Waals surface area contributed by atoms with Crippen molar-refractivity contribution in [3.63, 3.8) is 0 Å². The molecule has 17 heavy (non-hydrogen) atoms. The van der Waals surface area contributed by atoms with E-state index in [1.54, 1.807) is 7.11 Å². The molecule has 0 bridgehead atoms. The summed E-state index contributed by atoms with van der Waals surface area (Å²) in [7, 11) is 1.70. The molecule has 1 aromatic rings. The highest BCUT2D eigenvalue weighted by atomic mass is 16.5. The van der Waals surface area contributed by atoms with E-state index in [-0.39, 0.29) is 0 Å². The summed E-state index contributed by atoms with van der Waals surface area (Å²) >= 11 is 0. The topological polar surface area (TPSA) is 18.5 Å². The van der Waals surface area contributed by atoms with Gasteiger partial charge in [0.1, 0.15) is 5.75 Å². The number of benzene rings is 1. The van der Waals surface area contributed by atoms with Crippen LogP contribution in [0, 0.1) is 6.92 Å². The lowest BCUT2D eigenvalue weighted by Crippen LogP contribution is -1.96. The average Bonchev–Trinajstić information content (AvgIpc) is 2.38. The van der Waals surface area contributed by atoms with Crippen molar-refractivity contribution in [3.05, 3.63) is 36.8 Å². The van der Waals surface area contributed by atoms with Crippen LogP contribution < -0.4 is 4.74 Å². The smallest absolute Gasteiger partial charge is 0.118 e. The number of unbranched alkanes of at least 4 members (excludes halogenated alkanes) is 2. The van der Waals surface area contributed by atoms with Crippen molar-refractivity contribution in [2.45, 2.75) is 32.1 Å². The molecule has 0 spiro atoms. The van der Waals surface area contributed by atoms with Crippen LogP contribution in [-0.2, 0) is 11.2 Å². The number of methoxy groups -OCH3 is 1. The van der Waals surface area contributed by atoms with E-state index < -0.39 is 0 Å². The first-order valence-corrected chi connectivity index (χ1v) is 6.36. The SMILES string of the molecule is [CH2]CCOCCCCCc1ccc(OC)cc1. The lowest BCUT2D eigenvalue weighted by atomic mass is 10.1. The minimum Gasteiger partial charge on any atom is -0.497 e. The predicted molar refractivity (Wildman–Crippen MR) is 71.3 cm³/mol. The predicted octanol–water partition coefficient (Wildman–Crippen LogP) is 3.65. The Balaban J connectivity index is 2.05. The third-order valence-electron chi connectivity index (χ3n) is 2.70. The van der Waals surface area contributed by atoms with Gasteiger partial charge >= 0.3 is 0 Å². The number of hydrogen-bond donors (Lipinski definition) is 0. The molecule has 0 saturated carbocycles. The second-order valence-electron chi connectivity index (χ2n) is 4.12. The van der Waals surface area contributed by atoms with Crippen LogP contribution in [0.15, 0.2) is 24.3 Å². The van der Waals surface area contributed by atoms with Gasteiger partial charge < -0.3 is 9.47 Å². The van der Waals surface area contributed by atoms with Gasteiger partial charge in [-0.2, -0.15) is 0 Å². The van der Waals surface area contributed by atoms with Gasteiger partial charge in [-0.05, 0) is 43.4 Å². The number of rotatable bonds is 9. The molecule has 95 valence electrons. The Morgan fingerprint density at radius 2 is 1.76 bits per heavy atom. The zero-order chi connectivity index (χ0) is 12.3. The fourth-order valence-electron chi connectivity index (χ4n) is 1.71. The van der Waals surface area contributed by atoms with Crippen LogP contribution >= 0.6 is 0 Å². The number of hydrogen-bond acceptors (Lipinski definition) is 2. The lowest BCUT2D eigenvalue weighted by molar-refractivity contribution is 0.134. The third-order valence-corrected chi connectivity index (χ3v) is 2.70. The van der Waals surface area contributed by atoms with Gasteiger partial charge in [0.15, 0.2) is 0 Å². The fourth-order valence-corrected chi connectivity index (χ4v) is 1.71. The molecule has 0 unspecified atom stereocenters. The Hall–Kier alpha value is -1.02. The van der Waals surface area contributed by atoms with Gasteiger partial charge in [0.2, 0.25) is 0 Å². The molecule has 0 aliphatic rings. The summed E-state index contributed by atoms with van der Waals surface area (Å²) < 4.78 is 10.5. The normalized spacial score (nSPS) is 10.5. The van der Waals surface area contributed by atoms with Gasteiger partial charge in [0, 0.05) is 13.2 Å². The van der Waals surface area contributed by atoms with E-state index in [1.165, 1.54) is 18.4 Å². The van der Waals surface area contributed by atoms with E-state index in [1.807, 2.05) is 12.1 Å². The molecule has 1 radical (unpaired) electrons. The van der Waals surface area contributed by atoms with E-state index in [0.717, 1.165) is 38.2 Å². The van der Waals surface area contributed by atoms with Crippen LogP contribution in [0.5, 0.6) is 5.75 Å². The Labute approximate surface area is 105 Å². The molecule has 0 atom stereocenters. The molecular weight excluding hydrogens is 212 g/mol. The van der Waals surface area contributed by atoms with Crippen LogP contribution in [0.3, 0.4) is 0 Å². The summed E-state index contributed by atoms with van der Waals surface area (Å²) in [6.45, 7) is 5.40. The summed E-state index contributed by atoms with van der Waals surface area (Å²) in [4.78, 5) is 0. The third kappa shape index (κ3) is 6.32. The average molecular weight is 235 g/mol. The second-order valence-corrected chi connectivity index (χ2v) is 4.12. The standard InChI is InChI=1S/C15H23O2/c1-3-12-17-13-6-4-5-7-14-8-10-15(16-2)11-9-14/h8-11H,1,3-7,12-13H2,2H3. The number of aryl methyl sites for hydroxylation is 1. The molecule has 0 N–H and O–H groups in total. The first-order valence-electron chi connectivity index (χ1n) is 6.36. The minimum absolute atomic E-state index is 0.790. The summed E-state index contributed by atoms with van der Waals surface area (Å²) in [6.07, 6.45) is 5.60. The summed E-state index contributed by atoms with van der Waals surface area (Å²) in [6, 6.07) is 8.32. The molecule has 0 aliphatic carbocycles. The van der Waals surface area contributed by atoms with Crippen LogP contribution in [0.1, 0.15) is 31.2 Å². The molecule has 2 heteroatoms. The van der Waals surface area contributed by atoms with Gasteiger partial charge in [-0.3, -0.25) is 0 Å². The van der Waals surface area contributed by atoms with Gasteiger partial charge in [0.05, 0.1) is 7.11 Å². The molecule has 1 aromatic carbocycles. The first kappa shape index (κ1) is 14.0. The lowest BCUT2D eigenvalue weighted by Gasteiger charge is -2.04. The number of ether oxygens (including phenoxy) is 2. The van der Waals surface area contributed by atoms with Crippen LogP contribution in [0.4, 0.5) is 0 Å². The fraction of sp³-hybridized carbons (Fsp3) is 0.533. The monoisotopic (exact) mass is 235 g/mol. The molecule has 0 fully saturated rings. The van der Waals surface area contributed by atoms with Gasteiger partial charge in [0.25, 0.3) is 0 Å². The first-order chi connectivity index (χ1) is 8.36. The molecule has 0 aromatic heterocycles. The van der Waals surface area contributed by atoms with Crippen molar-refractivity contribution in [3.8, 4) is 5.75 Å². The van der Waals surface area contributed by atoms with E-state index in [9.17, 15) is 0 Å². The van der Waals surface area contributed by atoms with Gasteiger partial charge in [-0.15, -0.1) is 0 Å². The van der Waals surface area contributed by atoms with E-state index in [4.69, 9.17) is 9.47 Å². The van der Waals surface area contributed by atoms with Crippen molar-refractivity contribution in [1.82, 2.24) is 0 Å². The second kappa shape index (κ2) is 9.06. The molecular formula is C15H23O2. The van der Waals surface area contributed by atoms with Crippen LogP contribution in [0.25, 0.3) is 0 Å². The highest BCUT2D eigenvalue weighted by Crippen LogP contribution is 2.13. The maximum absolute atomic E-state index is 5.39. The summed E-state index contributed by atoms with van der Waals surface area (Å²) in [5.41, 5.74) is 1.38.